The maximum Gasteiger partial charge on any atom is 0.282 e. The second kappa shape index (κ2) is 6.40. The third-order valence-electron chi connectivity index (χ3n) is 4.67. The van der Waals surface area contributed by atoms with Crippen molar-refractivity contribution in [3.05, 3.63) is 21.0 Å². The molecular formula is C15H21BrN4O2. The highest BCUT2D eigenvalue weighted by atomic mass is 79.9. The molecule has 0 unspecified atom stereocenters. The Kier molecular flexibility index (Phi) is 4.52. The molecule has 3 rings (SSSR count). The van der Waals surface area contributed by atoms with Gasteiger partial charge in [-0.25, -0.2) is 4.68 Å². The summed E-state index contributed by atoms with van der Waals surface area (Å²) in [6.07, 6.45) is 6.73. The number of hydrogen-bond acceptors (Lipinski definition) is 4. The Bertz CT molecular complexity index is 624. The van der Waals surface area contributed by atoms with Crippen LogP contribution in [0.2, 0.25) is 0 Å². The van der Waals surface area contributed by atoms with Crippen LogP contribution >= 0.6 is 15.9 Å². The van der Waals surface area contributed by atoms with E-state index in [1.54, 1.807) is 13.2 Å². The van der Waals surface area contributed by atoms with Gasteiger partial charge in [-0.05, 0) is 34.7 Å². The summed E-state index contributed by atoms with van der Waals surface area (Å²) in [6.45, 7) is 2.67. The molecule has 1 aliphatic carbocycles. The van der Waals surface area contributed by atoms with Gasteiger partial charge in [-0.1, -0.05) is 12.8 Å². The SMILES string of the molecule is Cn1ncc(N2CCN(CC3CCCC3)C(=O)C2)c(Br)c1=O. The quantitative estimate of drug-likeness (QED) is 0.808. The topological polar surface area (TPSA) is 58.4 Å². The summed E-state index contributed by atoms with van der Waals surface area (Å²) < 4.78 is 1.76. The predicted molar refractivity (Wildman–Crippen MR) is 87.9 cm³/mol. The van der Waals surface area contributed by atoms with E-state index < -0.39 is 0 Å². The van der Waals surface area contributed by atoms with Crippen LogP contribution in [0.25, 0.3) is 0 Å². The molecular weight excluding hydrogens is 348 g/mol. The van der Waals surface area contributed by atoms with Crippen LogP contribution < -0.4 is 10.5 Å². The molecule has 1 saturated heterocycles. The first-order valence-corrected chi connectivity index (χ1v) is 8.60. The molecule has 0 radical (unpaired) electrons. The fourth-order valence-corrected chi connectivity index (χ4v) is 3.94. The van der Waals surface area contributed by atoms with Gasteiger partial charge in [0, 0.05) is 26.7 Å². The van der Waals surface area contributed by atoms with Gasteiger partial charge in [0.1, 0.15) is 4.47 Å². The monoisotopic (exact) mass is 368 g/mol. The molecule has 2 fully saturated rings. The third-order valence-corrected chi connectivity index (χ3v) is 5.42. The first-order chi connectivity index (χ1) is 10.6. The van der Waals surface area contributed by atoms with Gasteiger partial charge in [0.25, 0.3) is 5.56 Å². The number of piperazine rings is 1. The van der Waals surface area contributed by atoms with Crippen LogP contribution in [0.15, 0.2) is 15.5 Å². The molecule has 120 valence electrons. The van der Waals surface area contributed by atoms with E-state index in [2.05, 4.69) is 21.0 Å². The highest BCUT2D eigenvalue weighted by Crippen LogP contribution is 2.27. The van der Waals surface area contributed by atoms with Gasteiger partial charge in [0.2, 0.25) is 5.91 Å². The van der Waals surface area contributed by atoms with Crippen molar-refractivity contribution >= 4 is 27.5 Å². The van der Waals surface area contributed by atoms with E-state index in [0.29, 0.717) is 22.6 Å². The number of aromatic nitrogens is 2. The fourth-order valence-electron chi connectivity index (χ4n) is 3.33. The van der Waals surface area contributed by atoms with Crippen molar-refractivity contribution in [1.29, 1.82) is 0 Å². The highest BCUT2D eigenvalue weighted by molar-refractivity contribution is 9.10. The number of rotatable bonds is 3. The van der Waals surface area contributed by atoms with Crippen LogP contribution in [0.4, 0.5) is 5.69 Å². The molecule has 1 aromatic rings. The molecule has 0 N–H and O–H groups in total. The Morgan fingerprint density at radius 1 is 1.27 bits per heavy atom. The van der Waals surface area contributed by atoms with Gasteiger partial charge in [0.15, 0.2) is 0 Å². The van der Waals surface area contributed by atoms with Gasteiger partial charge in [-0.3, -0.25) is 9.59 Å². The number of amides is 1. The lowest BCUT2D eigenvalue weighted by Gasteiger charge is -2.36. The van der Waals surface area contributed by atoms with E-state index >= 15 is 0 Å². The van der Waals surface area contributed by atoms with E-state index in [1.807, 2.05) is 9.80 Å². The van der Waals surface area contributed by atoms with Gasteiger partial charge >= 0.3 is 0 Å². The molecule has 2 heterocycles. The van der Waals surface area contributed by atoms with Crippen LogP contribution in [0.1, 0.15) is 25.7 Å². The molecule has 22 heavy (non-hydrogen) atoms. The van der Waals surface area contributed by atoms with Crippen LogP contribution in [0.5, 0.6) is 0 Å². The Balaban J connectivity index is 1.68. The maximum atomic E-state index is 12.4. The smallest absolute Gasteiger partial charge is 0.282 e. The number of nitrogens with zero attached hydrogens (tertiary/aromatic N) is 4. The average molecular weight is 369 g/mol. The van der Waals surface area contributed by atoms with Gasteiger partial charge in [-0.2, -0.15) is 5.10 Å². The molecule has 0 aromatic carbocycles. The number of carbonyl (C=O) groups excluding carboxylic acids is 1. The van der Waals surface area contributed by atoms with Crippen LogP contribution in [-0.4, -0.2) is 46.8 Å². The van der Waals surface area contributed by atoms with Crippen molar-refractivity contribution in [3.8, 4) is 0 Å². The molecule has 1 saturated carbocycles. The summed E-state index contributed by atoms with van der Waals surface area (Å²) >= 11 is 3.33. The molecule has 1 aromatic heterocycles. The molecule has 1 amide bonds. The largest absolute Gasteiger partial charge is 0.358 e. The average Bonchev–Trinajstić information content (AvgIpc) is 3.00. The minimum Gasteiger partial charge on any atom is -0.358 e. The van der Waals surface area contributed by atoms with E-state index in [9.17, 15) is 9.59 Å². The molecule has 0 atom stereocenters. The molecule has 6 nitrogen and oxygen atoms in total. The number of aryl methyl sites for hydroxylation is 1. The van der Waals surface area contributed by atoms with Crippen molar-refractivity contribution in [2.24, 2.45) is 13.0 Å². The summed E-state index contributed by atoms with van der Waals surface area (Å²) in [5.41, 5.74) is 0.523. The van der Waals surface area contributed by atoms with Gasteiger partial charge < -0.3 is 9.80 Å². The lowest BCUT2D eigenvalue weighted by Crippen LogP contribution is -2.52. The van der Waals surface area contributed by atoms with Gasteiger partial charge in [-0.15, -0.1) is 0 Å². The van der Waals surface area contributed by atoms with E-state index in [1.165, 1.54) is 30.4 Å². The van der Waals surface area contributed by atoms with Crippen molar-refractivity contribution in [3.63, 3.8) is 0 Å². The van der Waals surface area contributed by atoms with Crippen LogP contribution in [0, 0.1) is 5.92 Å². The number of halogens is 1. The van der Waals surface area contributed by atoms with E-state index in [-0.39, 0.29) is 11.5 Å². The minimum atomic E-state index is -0.182. The Morgan fingerprint density at radius 3 is 2.68 bits per heavy atom. The fraction of sp³-hybridized carbons (Fsp3) is 0.667. The third kappa shape index (κ3) is 3.04. The minimum absolute atomic E-state index is 0.144. The van der Waals surface area contributed by atoms with Crippen molar-refractivity contribution in [2.45, 2.75) is 25.7 Å². The summed E-state index contributed by atoms with van der Waals surface area (Å²) in [4.78, 5) is 28.3. The lowest BCUT2D eigenvalue weighted by molar-refractivity contribution is -0.131. The van der Waals surface area contributed by atoms with E-state index in [4.69, 9.17) is 0 Å². The second-order valence-corrected chi connectivity index (χ2v) is 6.98. The Hall–Kier alpha value is -1.37. The van der Waals surface area contributed by atoms with Crippen molar-refractivity contribution < 1.29 is 4.79 Å². The summed E-state index contributed by atoms with van der Waals surface area (Å²) in [5.74, 6) is 0.818. The predicted octanol–water partition coefficient (Wildman–Crippen LogP) is 1.38. The zero-order chi connectivity index (χ0) is 15.7. The highest BCUT2D eigenvalue weighted by Gasteiger charge is 2.28. The molecule has 0 bridgehead atoms. The van der Waals surface area contributed by atoms with E-state index in [0.717, 1.165) is 19.6 Å². The lowest BCUT2D eigenvalue weighted by atomic mass is 10.1. The molecule has 1 aliphatic heterocycles. The zero-order valence-corrected chi connectivity index (χ0v) is 14.4. The normalized spacial score (nSPS) is 20.0. The first-order valence-electron chi connectivity index (χ1n) is 7.81. The zero-order valence-electron chi connectivity index (χ0n) is 12.8. The van der Waals surface area contributed by atoms with Crippen LogP contribution in [-0.2, 0) is 11.8 Å². The molecule has 2 aliphatic rings. The van der Waals surface area contributed by atoms with Crippen molar-refractivity contribution in [2.75, 3.05) is 31.1 Å². The molecule has 0 spiro atoms. The van der Waals surface area contributed by atoms with Crippen LogP contribution in [0.3, 0.4) is 0 Å². The summed E-state index contributed by atoms with van der Waals surface area (Å²) in [7, 11) is 1.61. The summed E-state index contributed by atoms with van der Waals surface area (Å²) in [5, 5.41) is 4.05. The Morgan fingerprint density at radius 2 is 2.00 bits per heavy atom. The first kappa shape index (κ1) is 15.5. The molecule has 7 heteroatoms. The Labute approximate surface area is 138 Å². The van der Waals surface area contributed by atoms with Crippen molar-refractivity contribution in [1.82, 2.24) is 14.7 Å². The number of carbonyl (C=O) groups is 1. The number of anilines is 1. The van der Waals surface area contributed by atoms with Gasteiger partial charge in [0.05, 0.1) is 18.4 Å². The standard InChI is InChI=1S/C15H21BrN4O2/c1-18-15(22)14(16)12(8-17-18)19-6-7-20(13(21)10-19)9-11-4-2-3-5-11/h8,11H,2-7,9-10H2,1H3. The second-order valence-electron chi connectivity index (χ2n) is 6.18. The maximum absolute atomic E-state index is 12.4. The number of hydrogen-bond donors (Lipinski definition) is 0. The summed E-state index contributed by atoms with van der Waals surface area (Å²) in [6, 6.07) is 0.